The number of benzene rings is 1. The average molecular weight is 369 g/mol. The van der Waals surface area contributed by atoms with Crippen molar-refractivity contribution in [1.29, 1.82) is 0 Å². The molecule has 1 aromatic carbocycles. The number of rotatable bonds is 6. The number of hydrogen-bond acceptors (Lipinski definition) is 6. The second-order valence-corrected chi connectivity index (χ2v) is 5.59. The predicted octanol–water partition coefficient (Wildman–Crippen LogP) is 2.34. The Hall–Kier alpha value is -3.62. The highest BCUT2D eigenvalue weighted by Gasteiger charge is 2.20. The quantitative estimate of drug-likeness (QED) is 0.645. The van der Waals surface area contributed by atoms with Crippen molar-refractivity contribution in [3.63, 3.8) is 0 Å². The summed E-state index contributed by atoms with van der Waals surface area (Å²) in [6, 6.07) is 8.94. The fourth-order valence-corrected chi connectivity index (χ4v) is 2.46. The lowest BCUT2D eigenvalue weighted by Gasteiger charge is -2.02. The van der Waals surface area contributed by atoms with Crippen molar-refractivity contribution in [2.24, 2.45) is 0 Å². The standard InChI is InChI=1S/C18H19N5O4/c1-4-23-10-15(16(22-23)18(25)27-3)19-17(24)14-9-13(20-21-14)11-5-7-12(26-2)8-6-11/h5-10H,4H2,1-3H3,(H,19,24)(H,20,21). The second kappa shape index (κ2) is 7.73. The zero-order chi connectivity index (χ0) is 19.4. The van der Waals surface area contributed by atoms with Gasteiger partial charge in [0.2, 0.25) is 0 Å². The number of carbonyl (C=O) groups is 2. The first-order valence-corrected chi connectivity index (χ1v) is 8.22. The summed E-state index contributed by atoms with van der Waals surface area (Å²) in [6.07, 6.45) is 1.57. The minimum atomic E-state index is -0.624. The van der Waals surface area contributed by atoms with Gasteiger partial charge in [0.1, 0.15) is 11.4 Å². The van der Waals surface area contributed by atoms with Gasteiger partial charge in [0.25, 0.3) is 5.91 Å². The van der Waals surface area contributed by atoms with Crippen molar-refractivity contribution >= 4 is 17.6 Å². The van der Waals surface area contributed by atoms with E-state index in [-0.39, 0.29) is 17.1 Å². The lowest BCUT2D eigenvalue weighted by Crippen LogP contribution is -2.15. The Bertz CT molecular complexity index is 959. The minimum absolute atomic E-state index is 0.0441. The molecule has 0 radical (unpaired) electrons. The number of carbonyl (C=O) groups excluding carboxylic acids is 2. The van der Waals surface area contributed by atoms with Gasteiger partial charge < -0.3 is 14.8 Å². The molecule has 0 aliphatic carbocycles. The molecule has 0 saturated heterocycles. The van der Waals surface area contributed by atoms with Gasteiger partial charge in [-0.05, 0) is 37.3 Å². The van der Waals surface area contributed by atoms with Gasteiger partial charge in [-0.2, -0.15) is 10.2 Å². The lowest BCUT2D eigenvalue weighted by atomic mass is 10.1. The predicted molar refractivity (Wildman–Crippen MR) is 97.8 cm³/mol. The first-order chi connectivity index (χ1) is 13.0. The van der Waals surface area contributed by atoms with Crippen LogP contribution in [0.1, 0.15) is 27.9 Å². The number of H-pyrrole nitrogens is 1. The Morgan fingerprint density at radius 2 is 1.96 bits per heavy atom. The molecule has 9 nitrogen and oxygen atoms in total. The number of aryl methyl sites for hydroxylation is 1. The van der Waals surface area contributed by atoms with E-state index in [0.29, 0.717) is 12.2 Å². The van der Waals surface area contributed by atoms with Crippen LogP contribution in [0, 0.1) is 0 Å². The third kappa shape index (κ3) is 3.81. The molecule has 27 heavy (non-hydrogen) atoms. The number of amides is 1. The molecule has 0 saturated carbocycles. The van der Waals surface area contributed by atoms with Crippen LogP contribution in [0.15, 0.2) is 36.5 Å². The summed E-state index contributed by atoms with van der Waals surface area (Å²) in [7, 11) is 2.85. The third-order valence-electron chi connectivity index (χ3n) is 3.92. The van der Waals surface area contributed by atoms with Gasteiger partial charge in [-0.15, -0.1) is 0 Å². The largest absolute Gasteiger partial charge is 0.497 e. The van der Waals surface area contributed by atoms with Crippen LogP contribution in [-0.4, -0.2) is 46.1 Å². The molecule has 1 amide bonds. The molecule has 0 bridgehead atoms. The molecule has 2 heterocycles. The van der Waals surface area contributed by atoms with E-state index in [2.05, 4.69) is 20.6 Å². The molecular weight excluding hydrogens is 350 g/mol. The summed E-state index contributed by atoms with van der Waals surface area (Å²) in [5.74, 6) is -0.334. The molecule has 0 atom stereocenters. The molecule has 0 spiro atoms. The van der Waals surface area contributed by atoms with E-state index in [4.69, 9.17) is 9.47 Å². The summed E-state index contributed by atoms with van der Waals surface area (Å²) in [6.45, 7) is 2.42. The van der Waals surface area contributed by atoms with Crippen molar-refractivity contribution in [2.45, 2.75) is 13.5 Å². The van der Waals surface area contributed by atoms with Crippen LogP contribution in [0.4, 0.5) is 5.69 Å². The Morgan fingerprint density at radius 3 is 2.59 bits per heavy atom. The number of anilines is 1. The number of nitrogens with zero attached hydrogens (tertiary/aromatic N) is 3. The number of hydrogen-bond donors (Lipinski definition) is 2. The molecule has 3 aromatic rings. The summed E-state index contributed by atoms with van der Waals surface area (Å²) in [4.78, 5) is 24.4. The van der Waals surface area contributed by atoms with Crippen molar-refractivity contribution in [1.82, 2.24) is 20.0 Å². The van der Waals surface area contributed by atoms with E-state index < -0.39 is 11.9 Å². The molecule has 0 fully saturated rings. The first kappa shape index (κ1) is 18.2. The molecule has 3 rings (SSSR count). The summed E-state index contributed by atoms with van der Waals surface area (Å²) in [5.41, 5.74) is 2.01. The van der Waals surface area contributed by atoms with Crippen molar-refractivity contribution < 1.29 is 19.1 Å². The van der Waals surface area contributed by atoms with Crippen molar-refractivity contribution in [3.8, 4) is 17.0 Å². The molecule has 2 N–H and O–H groups in total. The molecule has 2 aromatic heterocycles. The highest BCUT2D eigenvalue weighted by Crippen LogP contribution is 2.22. The second-order valence-electron chi connectivity index (χ2n) is 5.59. The smallest absolute Gasteiger partial charge is 0.360 e. The van der Waals surface area contributed by atoms with Gasteiger partial charge in [-0.1, -0.05) is 0 Å². The third-order valence-corrected chi connectivity index (χ3v) is 3.92. The highest BCUT2D eigenvalue weighted by atomic mass is 16.5. The SMILES string of the molecule is CCn1cc(NC(=O)c2cc(-c3ccc(OC)cc3)n[nH]2)c(C(=O)OC)n1. The van der Waals surface area contributed by atoms with E-state index >= 15 is 0 Å². The normalized spacial score (nSPS) is 10.5. The number of methoxy groups -OCH3 is 2. The fraction of sp³-hybridized carbons (Fsp3) is 0.222. The van der Waals surface area contributed by atoms with Crippen LogP contribution in [0.5, 0.6) is 5.75 Å². The minimum Gasteiger partial charge on any atom is -0.497 e. The molecule has 0 aliphatic heterocycles. The summed E-state index contributed by atoms with van der Waals surface area (Å²) in [5, 5.41) is 13.6. The van der Waals surface area contributed by atoms with Crippen LogP contribution in [0.2, 0.25) is 0 Å². The number of nitrogens with one attached hydrogen (secondary N) is 2. The average Bonchev–Trinajstić information content (AvgIpc) is 3.35. The zero-order valence-corrected chi connectivity index (χ0v) is 15.1. The Balaban J connectivity index is 1.80. The summed E-state index contributed by atoms with van der Waals surface area (Å²) < 4.78 is 11.4. The number of aromatic amines is 1. The first-order valence-electron chi connectivity index (χ1n) is 8.22. The summed E-state index contributed by atoms with van der Waals surface area (Å²) >= 11 is 0. The van der Waals surface area contributed by atoms with E-state index in [1.54, 1.807) is 19.4 Å². The molecule has 0 aliphatic rings. The van der Waals surface area contributed by atoms with Crippen molar-refractivity contribution in [2.75, 3.05) is 19.5 Å². The van der Waals surface area contributed by atoms with Crippen LogP contribution in [0.3, 0.4) is 0 Å². The lowest BCUT2D eigenvalue weighted by molar-refractivity contribution is 0.0594. The molecule has 9 heteroatoms. The molecular formula is C18H19N5O4. The van der Waals surface area contributed by atoms with Crippen LogP contribution in [0.25, 0.3) is 11.3 Å². The molecule has 0 unspecified atom stereocenters. The van der Waals surface area contributed by atoms with Gasteiger partial charge >= 0.3 is 5.97 Å². The van der Waals surface area contributed by atoms with Crippen LogP contribution < -0.4 is 10.1 Å². The van der Waals surface area contributed by atoms with E-state index in [0.717, 1.165) is 11.3 Å². The number of esters is 1. The van der Waals surface area contributed by atoms with Crippen LogP contribution >= 0.6 is 0 Å². The maximum absolute atomic E-state index is 12.5. The fourth-order valence-electron chi connectivity index (χ4n) is 2.46. The topological polar surface area (TPSA) is 111 Å². The van der Waals surface area contributed by atoms with E-state index in [1.165, 1.54) is 11.8 Å². The Morgan fingerprint density at radius 1 is 1.22 bits per heavy atom. The Kier molecular flexibility index (Phi) is 5.20. The Labute approximate surface area is 155 Å². The van der Waals surface area contributed by atoms with E-state index in [1.807, 2.05) is 31.2 Å². The zero-order valence-electron chi connectivity index (χ0n) is 15.1. The van der Waals surface area contributed by atoms with Crippen LogP contribution in [-0.2, 0) is 11.3 Å². The van der Waals surface area contributed by atoms with Gasteiger partial charge in [-0.3, -0.25) is 14.6 Å². The van der Waals surface area contributed by atoms with Gasteiger partial charge in [0.15, 0.2) is 5.69 Å². The maximum atomic E-state index is 12.5. The van der Waals surface area contributed by atoms with Gasteiger partial charge in [-0.25, -0.2) is 4.79 Å². The van der Waals surface area contributed by atoms with E-state index in [9.17, 15) is 9.59 Å². The maximum Gasteiger partial charge on any atom is 0.360 e. The van der Waals surface area contributed by atoms with Gasteiger partial charge in [0, 0.05) is 18.3 Å². The highest BCUT2D eigenvalue weighted by molar-refractivity contribution is 6.06. The number of ether oxygens (including phenoxy) is 2. The monoisotopic (exact) mass is 369 g/mol. The number of aromatic nitrogens is 4. The van der Waals surface area contributed by atoms with Crippen molar-refractivity contribution in [3.05, 3.63) is 47.9 Å². The molecule has 140 valence electrons. The van der Waals surface area contributed by atoms with Gasteiger partial charge in [0.05, 0.1) is 25.6 Å².